The molecule has 0 aromatic heterocycles. The van der Waals surface area contributed by atoms with E-state index in [2.05, 4.69) is 19.1 Å². The van der Waals surface area contributed by atoms with Gasteiger partial charge in [-0.25, -0.2) is 0 Å². The highest BCUT2D eigenvalue weighted by Gasteiger charge is 2.12. The van der Waals surface area contributed by atoms with Crippen molar-refractivity contribution in [3.05, 3.63) is 35.4 Å². The van der Waals surface area contributed by atoms with Crippen LogP contribution in [-0.2, 0) is 17.4 Å². The molecule has 0 amide bonds. The van der Waals surface area contributed by atoms with Crippen LogP contribution in [0.3, 0.4) is 0 Å². The maximum atomic E-state index is 10.9. The second kappa shape index (κ2) is 12.7. The van der Waals surface area contributed by atoms with Gasteiger partial charge in [0.25, 0.3) is 0 Å². The van der Waals surface area contributed by atoms with E-state index in [4.69, 9.17) is 9.79 Å². The van der Waals surface area contributed by atoms with Gasteiger partial charge in [-0.2, -0.15) is 0 Å². The summed E-state index contributed by atoms with van der Waals surface area (Å²) in [7, 11) is -3.88. The Morgan fingerprint density at radius 1 is 0.708 bits per heavy atom. The van der Waals surface area contributed by atoms with Gasteiger partial charge in [-0.15, -0.1) is 0 Å². The summed E-state index contributed by atoms with van der Waals surface area (Å²) in [6.45, 7) is 2.26. The molecule has 0 saturated heterocycles. The molecule has 0 atom stereocenters. The Bertz CT molecular complexity index is 464. The van der Waals surface area contributed by atoms with Gasteiger partial charge < -0.3 is 9.79 Å². The van der Waals surface area contributed by atoms with Gasteiger partial charge in [0.2, 0.25) is 0 Å². The summed E-state index contributed by atoms with van der Waals surface area (Å²) >= 11 is 0. The molecule has 0 aliphatic heterocycles. The first-order chi connectivity index (χ1) is 11.5. The SMILES string of the molecule is CCCCCCCCCCCCc1ccc(CCP(=O)(O)O)cc1. The minimum absolute atomic E-state index is 0.0647. The molecule has 1 rings (SSSR count). The van der Waals surface area contributed by atoms with E-state index in [0.717, 1.165) is 12.0 Å². The Morgan fingerprint density at radius 2 is 1.12 bits per heavy atom. The van der Waals surface area contributed by atoms with E-state index in [0.29, 0.717) is 6.42 Å². The molecule has 0 unspecified atom stereocenters. The Hall–Kier alpha value is -0.630. The van der Waals surface area contributed by atoms with Gasteiger partial charge in [0.05, 0.1) is 6.16 Å². The predicted octanol–water partition coefficient (Wildman–Crippen LogP) is 5.87. The molecule has 0 heterocycles. The maximum Gasteiger partial charge on any atom is 0.325 e. The van der Waals surface area contributed by atoms with Crippen molar-refractivity contribution >= 4 is 7.60 Å². The Morgan fingerprint density at radius 3 is 1.58 bits per heavy atom. The molecule has 2 N–H and O–H groups in total. The normalized spacial score (nSPS) is 11.8. The molecule has 0 aliphatic rings. The molecule has 0 bridgehead atoms. The average molecular weight is 354 g/mol. The quantitative estimate of drug-likeness (QED) is 0.324. The van der Waals surface area contributed by atoms with Crippen molar-refractivity contribution in [3.63, 3.8) is 0 Å². The summed E-state index contributed by atoms with van der Waals surface area (Å²) in [6.07, 6.45) is 15.0. The van der Waals surface area contributed by atoms with Crippen molar-refractivity contribution in [2.45, 2.75) is 84.0 Å². The van der Waals surface area contributed by atoms with E-state index in [-0.39, 0.29) is 6.16 Å². The zero-order valence-electron chi connectivity index (χ0n) is 15.3. The van der Waals surface area contributed by atoms with E-state index in [9.17, 15) is 4.57 Å². The average Bonchev–Trinajstić information content (AvgIpc) is 2.55. The molecule has 1 aromatic rings. The van der Waals surface area contributed by atoms with E-state index in [1.807, 2.05) is 12.1 Å². The van der Waals surface area contributed by atoms with Crippen LogP contribution in [0.25, 0.3) is 0 Å². The highest BCUT2D eigenvalue weighted by atomic mass is 31.2. The lowest BCUT2D eigenvalue weighted by Crippen LogP contribution is -1.94. The maximum absolute atomic E-state index is 10.9. The lowest BCUT2D eigenvalue weighted by atomic mass is 10.0. The minimum Gasteiger partial charge on any atom is -0.324 e. The first kappa shape index (κ1) is 21.4. The van der Waals surface area contributed by atoms with Crippen molar-refractivity contribution in [2.24, 2.45) is 0 Å². The summed E-state index contributed by atoms with van der Waals surface area (Å²) < 4.78 is 10.9. The third-order valence-corrected chi connectivity index (χ3v) is 5.34. The van der Waals surface area contributed by atoms with Crippen molar-refractivity contribution in [1.82, 2.24) is 0 Å². The third kappa shape index (κ3) is 11.8. The van der Waals surface area contributed by atoms with Crippen LogP contribution in [0, 0.1) is 0 Å². The van der Waals surface area contributed by atoms with Crippen LogP contribution in [0.5, 0.6) is 0 Å². The van der Waals surface area contributed by atoms with Crippen molar-refractivity contribution in [2.75, 3.05) is 6.16 Å². The molecule has 0 spiro atoms. The molecule has 24 heavy (non-hydrogen) atoms. The fourth-order valence-corrected chi connectivity index (χ4v) is 3.51. The smallest absolute Gasteiger partial charge is 0.324 e. The third-order valence-electron chi connectivity index (χ3n) is 4.53. The standard InChI is InChI=1S/C20H35O3P/c1-2-3-4-5-6-7-8-9-10-11-12-19-13-15-20(16-14-19)17-18-24(21,22)23/h13-16H,2-12,17-18H2,1H3,(H2,21,22,23). The van der Waals surface area contributed by atoms with E-state index in [1.165, 1.54) is 69.8 Å². The molecule has 4 heteroatoms. The Balaban J connectivity index is 2.04. The van der Waals surface area contributed by atoms with Crippen molar-refractivity contribution in [1.29, 1.82) is 0 Å². The van der Waals surface area contributed by atoms with E-state index >= 15 is 0 Å². The Kier molecular flexibility index (Phi) is 11.3. The highest BCUT2D eigenvalue weighted by Crippen LogP contribution is 2.34. The molecule has 1 aromatic carbocycles. The van der Waals surface area contributed by atoms with Crippen molar-refractivity contribution in [3.8, 4) is 0 Å². The van der Waals surface area contributed by atoms with Crippen LogP contribution in [0.4, 0.5) is 0 Å². The first-order valence-electron chi connectivity index (χ1n) is 9.63. The van der Waals surface area contributed by atoms with Crippen LogP contribution >= 0.6 is 7.60 Å². The van der Waals surface area contributed by atoms with Crippen molar-refractivity contribution < 1.29 is 14.4 Å². The molecule has 0 radical (unpaired) electrons. The molecular formula is C20H35O3P. The monoisotopic (exact) mass is 354 g/mol. The summed E-state index contributed by atoms with van der Waals surface area (Å²) in [5, 5.41) is 0. The van der Waals surface area contributed by atoms with Gasteiger partial charge in [0.1, 0.15) is 0 Å². The first-order valence-corrected chi connectivity index (χ1v) is 11.4. The zero-order valence-corrected chi connectivity index (χ0v) is 16.1. The van der Waals surface area contributed by atoms with Crippen LogP contribution < -0.4 is 0 Å². The second-order valence-electron chi connectivity index (χ2n) is 6.89. The fourth-order valence-electron chi connectivity index (χ4n) is 2.96. The van der Waals surface area contributed by atoms with Crippen LogP contribution in [-0.4, -0.2) is 15.9 Å². The highest BCUT2D eigenvalue weighted by molar-refractivity contribution is 7.51. The second-order valence-corrected chi connectivity index (χ2v) is 8.66. The number of benzene rings is 1. The van der Waals surface area contributed by atoms with Gasteiger partial charge in [0, 0.05) is 0 Å². The number of unbranched alkanes of at least 4 members (excludes halogenated alkanes) is 9. The number of rotatable bonds is 14. The van der Waals surface area contributed by atoms with Gasteiger partial charge >= 0.3 is 7.60 Å². The number of hydrogen-bond acceptors (Lipinski definition) is 1. The topological polar surface area (TPSA) is 57.5 Å². The fraction of sp³-hybridized carbons (Fsp3) is 0.700. The lowest BCUT2D eigenvalue weighted by molar-refractivity contribution is 0.373. The summed E-state index contributed by atoms with van der Waals surface area (Å²) in [5.74, 6) is 0. The van der Waals surface area contributed by atoms with Gasteiger partial charge in [-0.05, 0) is 30.4 Å². The van der Waals surface area contributed by atoms with E-state index in [1.54, 1.807) is 0 Å². The Labute approximate surface area is 148 Å². The molecular weight excluding hydrogens is 319 g/mol. The predicted molar refractivity (Wildman–Crippen MR) is 103 cm³/mol. The van der Waals surface area contributed by atoms with Gasteiger partial charge in [-0.1, -0.05) is 89.0 Å². The number of hydrogen-bond donors (Lipinski definition) is 2. The van der Waals surface area contributed by atoms with Crippen LogP contribution in [0.2, 0.25) is 0 Å². The lowest BCUT2D eigenvalue weighted by Gasteiger charge is -2.06. The summed E-state index contributed by atoms with van der Waals surface area (Å²) in [5.41, 5.74) is 2.33. The zero-order chi connectivity index (χ0) is 17.7. The molecule has 0 saturated carbocycles. The van der Waals surface area contributed by atoms with E-state index < -0.39 is 7.60 Å². The van der Waals surface area contributed by atoms with Crippen LogP contribution in [0.1, 0.15) is 82.3 Å². The number of aryl methyl sites for hydroxylation is 2. The minimum atomic E-state index is -3.88. The van der Waals surface area contributed by atoms with Gasteiger partial charge in [-0.3, -0.25) is 4.57 Å². The molecule has 138 valence electrons. The summed E-state index contributed by atoms with van der Waals surface area (Å²) in [4.78, 5) is 17.8. The molecule has 3 nitrogen and oxygen atoms in total. The van der Waals surface area contributed by atoms with Crippen LogP contribution in [0.15, 0.2) is 24.3 Å². The molecule has 0 fully saturated rings. The van der Waals surface area contributed by atoms with Gasteiger partial charge in [0.15, 0.2) is 0 Å². The molecule has 0 aliphatic carbocycles. The summed E-state index contributed by atoms with van der Waals surface area (Å²) in [6, 6.07) is 8.20. The largest absolute Gasteiger partial charge is 0.325 e.